The van der Waals surface area contributed by atoms with Crippen LogP contribution in [0.4, 0.5) is 5.69 Å². The molecule has 126 valence electrons. The van der Waals surface area contributed by atoms with Gasteiger partial charge in [-0.2, -0.15) is 8.42 Å². The fourth-order valence-electron chi connectivity index (χ4n) is 2.15. The molecule has 7 nitrogen and oxygen atoms in total. The third-order valence-corrected chi connectivity index (χ3v) is 4.43. The number of anilines is 1. The summed E-state index contributed by atoms with van der Waals surface area (Å²) in [7, 11) is -4.01. The molecule has 8 heteroatoms. The summed E-state index contributed by atoms with van der Waals surface area (Å²) in [6, 6.07) is 10.3. The number of hydrogen-bond donors (Lipinski definition) is 1. The molecule has 3 rings (SSSR count). The van der Waals surface area contributed by atoms with Gasteiger partial charge in [0.25, 0.3) is 0 Å². The minimum absolute atomic E-state index is 0.0299. The minimum atomic E-state index is -4.01. The number of carbonyl (C=O) groups is 1. The van der Waals surface area contributed by atoms with Crippen LogP contribution in [0.3, 0.4) is 0 Å². The molecule has 0 saturated carbocycles. The lowest BCUT2D eigenvalue weighted by molar-refractivity contribution is -0.114. The number of benzene rings is 2. The Morgan fingerprint density at radius 2 is 1.71 bits per heavy atom. The van der Waals surface area contributed by atoms with Crippen LogP contribution in [-0.2, 0) is 14.9 Å². The molecule has 0 aliphatic carbocycles. The predicted molar refractivity (Wildman–Crippen MR) is 86.0 cm³/mol. The van der Waals surface area contributed by atoms with Crippen LogP contribution in [0.2, 0.25) is 0 Å². The van der Waals surface area contributed by atoms with Crippen molar-refractivity contribution in [1.29, 1.82) is 0 Å². The molecule has 1 amide bonds. The highest BCUT2D eigenvalue weighted by Crippen LogP contribution is 2.33. The van der Waals surface area contributed by atoms with Gasteiger partial charge < -0.3 is 19.0 Å². The van der Waals surface area contributed by atoms with E-state index < -0.39 is 10.1 Å². The van der Waals surface area contributed by atoms with E-state index in [1.165, 1.54) is 37.3 Å². The fraction of sp³-hybridized carbons (Fsp3) is 0.188. The lowest BCUT2D eigenvalue weighted by atomic mass is 10.3. The van der Waals surface area contributed by atoms with Crippen LogP contribution in [0.25, 0.3) is 0 Å². The van der Waals surface area contributed by atoms with Crippen molar-refractivity contribution < 1.29 is 26.9 Å². The molecule has 0 saturated heterocycles. The first-order chi connectivity index (χ1) is 11.4. The Hall–Kier alpha value is -2.74. The molecule has 0 atom stereocenters. The Morgan fingerprint density at radius 3 is 2.38 bits per heavy atom. The molecule has 1 heterocycles. The largest absolute Gasteiger partial charge is 0.486 e. The van der Waals surface area contributed by atoms with Gasteiger partial charge in [0.1, 0.15) is 23.9 Å². The van der Waals surface area contributed by atoms with Gasteiger partial charge in [0.2, 0.25) is 5.91 Å². The highest BCUT2D eigenvalue weighted by molar-refractivity contribution is 7.87. The summed E-state index contributed by atoms with van der Waals surface area (Å²) < 4.78 is 40.6. The molecule has 0 bridgehead atoms. The first kappa shape index (κ1) is 16.1. The molecule has 0 radical (unpaired) electrons. The Labute approximate surface area is 139 Å². The van der Waals surface area contributed by atoms with E-state index in [1.807, 2.05) is 0 Å². The van der Waals surface area contributed by atoms with E-state index in [0.717, 1.165) is 0 Å². The standard InChI is InChI=1S/C16H15NO6S/c1-11(18)17-12-2-4-13(5-3-12)23-24(19,20)14-6-7-15-16(10-14)22-9-8-21-15/h2-7,10H,8-9H2,1H3,(H,17,18). The second kappa shape index (κ2) is 6.40. The van der Waals surface area contributed by atoms with Crippen molar-refractivity contribution in [3.8, 4) is 17.2 Å². The van der Waals surface area contributed by atoms with Crippen LogP contribution >= 0.6 is 0 Å². The fourth-order valence-corrected chi connectivity index (χ4v) is 3.10. The second-order valence-corrected chi connectivity index (χ2v) is 6.59. The monoisotopic (exact) mass is 349 g/mol. The van der Waals surface area contributed by atoms with Crippen LogP contribution in [0.1, 0.15) is 6.92 Å². The van der Waals surface area contributed by atoms with Crippen molar-refractivity contribution in [2.24, 2.45) is 0 Å². The lowest BCUT2D eigenvalue weighted by Crippen LogP contribution is -2.16. The predicted octanol–water partition coefficient (Wildman–Crippen LogP) is 2.18. The Balaban J connectivity index is 1.79. The third kappa shape index (κ3) is 3.60. The third-order valence-electron chi connectivity index (χ3n) is 3.18. The molecular formula is C16H15NO6S. The number of rotatable bonds is 4. The van der Waals surface area contributed by atoms with Crippen molar-refractivity contribution in [1.82, 2.24) is 0 Å². The topological polar surface area (TPSA) is 90.9 Å². The van der Waals surface area contributed by atoms with E-state index >= 15 is 0 Å². The van der Waals surface area contributed by atoms with Gasteiger partial charge in [-0.15, -0.1) is 0 Å². The number of ether oxygens (including phenoxy) is 2. The summed E-state index contributed by atoms with van der Waals surface area (Å²) in [4.78, 5) is 10.9. The van der Waals surface area contributed by atoms with Crippen LogP contribution < -0.4 is 19.0 Å². The Kier molecular flexibility index (Phi) is 4.30. The van der Waals surface area contributed by atoms with E-state index in [0.29, 0.717) is 30.4 Å². The van der Waals surface area contributed by atoms with Crippen LogP contribution in [0.5, 0.6) is 17.2 Å². The molecule has 1 N–H and O–H groups in total. The normalized spacial score (nSPS) is 13.2. The van der Waals surface area contributed by atoms with Crippen molar-refractivity contribution in [3.63, 3.8) is 0 Å². The number of fused-ring (bicyclic) bond motifs is 1. The summed E-state index contributed by atoms with van der Waals surface area (Å²) in [6.07, 6.45) is 0. The number of amides is 1. The first-order valence-electron chi connectivity index (χ1n) is 7.16. The molecule has 0 spiro atoms. The van der Waals surface area contributed by atoms with Gasteiger partial charge in [-0.3, -0.25) is 4.79 Å². The Bertz CT molecular complexity index is 861. The molecular weight excluding hydrogens is 334 g/mol. The van der Waals surface area contributed by atoms with Gasteiger partial charge in [0.15, 0.2) is 11.5 Å². The van der Waals surface area contributed by atoms with Gasteiger partial charge in [-0.05, 0) is 36.4 Å². The van der Waals surface area contributed by atoms with Gasteiger partial charge in [-0.25, -0.2) is 0 Å². The zero-order chi connectivity index (χ0) is 17.2. The summed E-state index contributed by atoms with van der Waals surface area (Å²) in [5.41, 5.74) is 0.548. The van der Waals surface area contributed by atoms with Crippen molar-refractivity contribution in [3.05, 3.63) is 42.5 Å². The van der Waals surface area contributed by atoms with Crippen LogP contribution in [0.15, 0.2) is 47.4 Å². The van der Waals surface area contributed by atoms with E-state index in [9.17, 15) is 13.2 Å². The molecule has 1 aliphatic heterocycles. The summed E-state index contributed by atoms with van der Waals surface area (Å²) >= 11 is 0. The van der Waals surface area contributed by atoms with Crippen LogP contribution in [0, 0.1) is 0 Å². The van der Waals surface area contributed by atoms with Crippen molar-refractivity contribution in [2.45, 2.75) is 11.8 Å². The molecule has 1 aliphatic rings. The molecule has 0 unspecified atom stereocenters. The summed E-state index contributed by atoms with van der Waals surface area (Å²) in [5.74, 6) is 0.790. The maximum atomic E-state index is 12.4. The number of hydrogen-bond acceptors (Lipinski definition) is 6. The van der Waals surface area contributed by atoms with E-state index in [-0.39, 0.29) is 16.6 Å². The number of nitrogens with one attached hydrogen (secondary N) is 1. The average Bonchev–Trinajstić information content (AvgIpc) is 2.55. The summed E-state index contributed by atoms with van der Waals surface area (Å²) in [5, 5.41) is 2.59. The Morgan fingerprint density at radius 1 is 1.04 bits per heavy atom. The summed E-state index contributed by atoms with van der Waals surface area (Å²) in [6.45, 7) is 2.18. The van der Waals surface area contributed by atoms with E-state index in [2.05, 4.69) is 5.32 Å². The van der Waals surface area contributed by atoms with E-state index in [4.69, 9.17) is 13.7 Å². The zero-order valence-corrected chi connectivity index (χ0v) is 13.6. The van der Waals surface area contributed by atoms with Crippen LogP contribution in [-0.4, -0.2) is 27.5 Å². The molecule has 2 aromatic rings. The highest BCUT2D eigenvalue weighted by Gasteiger charge is 2.21. The molecule has 24 heavy (non-hydrogen) atoms. The minimum Gasteiger partial charge on any atom is -0.486 e. The zero-order valence-electron chi connectivity index (χ0n) is 12.8. The smallest absolute Gasteiger partial charge is 0.339 e. The van der Waals surface area contributed by atoms with Gasteiger partial charge >= 0.3 is 10.1 Å². The molecule has 0 aromatic heterocycles. The second-order valence-electron chi connectivity index (χ2n) is 5.05. The average molecular weight is 349 g/mol. The van der Waals surface area contributed by atoms with Gasteiger partial charge in [0, 0.05) is 18.7 Å². The lowest BCUT2D eigenvalue weighted by Gasteiger charge is -2.18. The maximum Gasteiger partial charge on any atom is 0.339 e. The molecule has 0 fully saturated rings. The SMILES string of the molecule is CC(=O)Nc1ccc(OS(=O)(=O)c2ccc3c(c2)OCCO3)cc1. The van der Waals surface area contributed by atoms with Crippen molar-refractivity contribution >= 4 is 21.7 Å². The van der Waals surface area contributed by atoms with Crippen molar-refractivity contribution in [2.75, 3.05) is 18.5 Å². The first-order valence-corrected chi connectivity index (χ1v) is 8.57. The maximum absolute atomic E-state index is 12.4. The highest BCUT2D eigenvalue weighted by atomic mass is 32.2. The number of carbonyl (C=O) groups excluding carboxylic acids is 1. The van der Waals surface area contributed by atoms with Gasteiger partial charge in [-0.1, -0.05) is 0 Å². The van der Waals surface area contributed by atoms with Gasteiger partial charge in [0.05, 0.1) is 0 Å². The quantitative estimate of drug-likeness (QED) is 0.851. The van der Waals surface area contributed by atoms with E-state index in [1.54, 1.807) is 12.1 Å². The molecule has 2 aromatic carbocycles.